The molecule has 0 atom stereocenters. The summed E-state index contributed by atoms with van der Waals surface area (Å²) in [6.45, 7) is 24.3. The summed E-state index contributed by atoms with van der Waals surface area (Å²) in [4.78, 5) is 5.43. The Morgan fingerprint density at radius 3 is 1.86 bits per heavy atom. The Morgan fingerprint density at radius 2 is 1.12 bits per heavy atom. The highest BCUT2D eigenvalue weighted by Crippen LogP contribution is 2.54. The van der Waals surface area contributed by atoms with Crippen molar-refractivity contribution in [1.29, 1.82) is 0 Å². The van der Waals surface area contributed by atoms with Crippen molar-refractivity contribution in [2.75, 3.05) is 9.71 Å². The van der Waals surface area contributed by atoms with E-state index in [1.54, 1.807) is 0 Å². The fraction of sp³-hybridized carbons (Fsp3) is 0.300. The molecule has 12 rings (SSSR count). The lowest BCUT2D eigenvalue weighted by Crippen LogP contribution is -2.61. The van der Waals surface area contributed by atoms with Gasteiger partial charge in [0.2, 0.25) is 0 Å². The molecule has 2 aliphatic carbocycles. The molecule has 8 aromatic rings. The minimum Gasteiger partial charge on any atom is -0.376 e. The third kappa shape index (κ3) is 5.76. The van der Waals surface area contributed by atoms with Gasteiger partial charge in [-0.05, 0) is 171 Å². The zero-order chi connectivity index (χ0) is 44.2. The van der Waals surface area contributed by atoms with Crippen LogP contribution in [-0.2, 0) is 21.7 Å². The van der Waals surface area contributed by atoms with Gasteiger partial charge in [-0.2, -0.15) is 0 Å². The molecule has 2 nitrogen and oxygen atoms in total. The molecule has 0 saturated carbocycles. The average Bonchev–Trinajstić information content (AvgIpc) is 3.64. The number of fused-ring (bicyclic) bond motifs is 9. The van der Waals surface area contributed by atoms with E-state index in [0.717, 1.165) is 0 Å². The zero-order valence-corrected chi connectivity index (χ0v) is 40.1. The number of anilines is 5. The van der Waals surface area contributed by atoms with Gasteiger partial charge in [0.1, 0.15) is 0 Å². The van der Waals surface area contributed by atoms with Crippen LogP contribution in [0, 0.1) is 13.8 Å². The van der Waals surface area contributed by atoms with Crippen molar-refractivity contribution in [3.63, 3.8) is 0 Å². The van der Waals surface area contributed by atoms with E-state index in [0.29, 0.717) is 0 Å². The summed E-state index contributed by atoms with van der Waals surface area (Å²) in [5, 5.41) is 2.68. The van der Waals surface area contributed by atoms with Crippen LogP contribution in [0.15, 0.2) is 127 Å². The van der Waals surface area contributed by atoms with Gasteiger partial charge in [0, 0.05) is 54.2 Å². The number of aryl methyl sites for hydroxylation is 2. The molecule has 0 fully saturated rings. The van der Waals surface area contributed by atoms with Gasteiger partial charge in [-0.15, -0.1) is 11.3 Å². The van der Waals surface area contributed by atoms with Crippen LogP contribution in [0.3, 0.4) is 0 Å². The summed E-state index contributed by atoms with van der Waals surface area (Å²) >= 11 is 1.92. The molecule has 7 aromatic carbocycles. The van der Waals surface area contributed by atoms with E-state index >= 15 is 0 Å². The lowest BCUT2D eigenvalue weighted by molar-refractivity contribution is 0.332. The molecule has 4 aliphatic rings. The van der Waals surface area contributed by atoms with Crippen LogP contribution in [0.4, 0.5) is 28.4 Å². The lowest BCUT2D eigenvalue weighted by atomic mass is 9.43. The summed E-state index contributed by atoms with van der Waals surface area (Å²) in [5.41, 5.74) is 23.3. The minimum atomic E-state index is -0.0681. The predicted molar refractivity (Wildman–Crippen MR) is 279 cm³/mol. The summed E-state index contributed by atoms with van der Waals surface area (Å²) in [7, 11) is 0. The number of thiophene rings is 1. The summed E-state index contributed by atoms with van der Waals surface area (Å²) in [6, 6.07) is 50.1. The Balaban J connectivity index is 1.20. The first kappa shape index (κ1) is 40.0. The van der Waals surface area contributed by atoms with E-state index in [1.165, 1.54) is 141 Å². The van der Waals surface area contributed by atoms with Gasteiger partial charge in [-0.1, -0.05) is 134 Å². The van der Waals surface area contributed by atoms with Gasteiger partial charge in [0.05, 0.1) is 0 Å². The molecular formula is C60H59BN2S. The van der Waals surface area contributed by atoms with E-state index in [9.17, 15) is 0 Å². The number of nitrogens with zero attached hydrogens (tertiary/aromatic N) is 2. The molecule has 4 heteroatoms. The molecule has 0 amide bonds. The Morgan fingerprint density at radius 1 is 0.469 bits per heavy atom. The number of hydrogen-bond acceptors (Lipinski definition) is 3. The fourth-order valence-electron chi connectivity index (χ4n) is 12.4. The summed E-state index contributed by atoms with van der Waals surface area (Å²) in [5.74, 6) is 0. The van der Waals surface area contributed by atoms with Crippen LogP contribution in [0.25, 0.3) is 42.4 Å². The lowest BCUT2D eigenvalue weighted by Gasteiger charge is -2.48. The average molecular weight is 851 g/mol. The number of rotatable bonds is 3. The van der Waals surface area contributed by atoms with E-state index in [-0.39, 0.29) is 28.5 Å². The van der Waals surface area contributed by atoms with Crippen molar-refractivity contribution in [3.8, 4) is 22.3 Å². The minimum absolute atomic E-state index is 0.0681. The molecule has 1 aromatic heterocycles. The first-order chi connectivity index (χ1) is 30.5. The van der Waals surface area contributed by atoms with Crippen LogP contribution in [-0.4, -0.2) is 6.85 Å². The SMILES string of the molecule is Cc1cc2c3c(c1)N(c1cc4c(cc1C)C(C)(C)CCC4(C)C)c1ccc(-c4ccccc4)cc1B3N(c1ccc3c(c1)C(C)(C)CCC3(C)C)c1cc3c(cc1-2)sc1ccccc13. The molecule has 318 valence electrons. The second-order valence-corrected chi connectivity index (χ2v) is 23.5. The van der Waals surface area contributed by atoms with Crippen LogP contribution in [0.2, 0.25) is 0 Å². The largest absolute Gasteiger partial charge is 0.376 e. The summed E-state index contributed by atoms with van der Waals surface area (Å²) in [6.07, 6.45) is 4.76. The molecule has 0 saturated heterocycles. The van der Waals surface area contributed by atoms with Gasteiger partial charge < -0.3 is 9.71 Å². The van der Waals surface area contributed by atoms with Crippen LogP contribution in [0.5, 0.6) is 0 Å². The second-order valence-electron chi connectivity index (χ2n) is 22.4. The van der Waals surface area contributed by atoms with Gasteiger partial charge in [0.25, 0.3) is 0 Å². The van der Waals surface area contributed by atoms with Crippen LogP contribution >= 0.6 is 11.3 Å². The number of hydrogen-bond donors (Lipinski definition) is 0. The van der Waals surface area contributed by atoms with Gasteiger partial charge in [0.15, 0.2) is 0 Å². The normalized spacial score (nSPS) is 18.3. The van der Waals surface area contributed by atoms with Crippen molar-refractivity contribution >= 4 is 77.7 Å². The molecular weight excluding hydrogens is 792 g/mol. The molecule has 0 bridgehead atoms. The van der Waals surface area contributed by atoms with Gasteiger partial charge >= 0.3 is 6.85 Å². The molecule has 0 spiro atoms. The van der Waals surface area contributed by atoms with Crippen LogP contribution < -0.4 is 20.6 Å². The van der Waals surface area contributed by atoms with E-state index < -0.39 is 0 Å². The maximum absolute atomic E-state index is 2.76. The number of benzene rings is 7. The van der Waals surface area contributed by atoms with Crippen molar-refractivity contribution in [2.45, 2.75) is 117 Å². The molecule has 3 heterocycles. The van der Waals surface area contributed by atoms with Crippen molar-refractivity contribution in [2.24, 2.45) is 0 Å². The Kier molecular flexibility index (Phi) is 8.42. The topological polar surface area (TPSA) is 6.48 Å². The highest BCUT2D eigenvalue weighted by Gasteiger charge is 2.47. The zero-order valence-electron chi connectivity index (χ0n) is 39.3. The molecule has 0 unspecified atom stereocenters. The maximum Gasteiger partial charge on any atom is 0.333 e. The van der Waals surface area contributed by atoms with Crippen molar-refractivity contribution < 1.29 is 0 Å². The monoisotopic (exact) mass is 850 g/mol. The Bertz CT molecular complexity index is 3270. The molecule has 0 N–H and O–H groups in total. The standard InChI is InChI=1S/C60H59BN2S/c1-36-28-44-42-34-55-43(41-18-14-15-19-54(41)64-55)33-52(42)63(40-21-22-45-47(32-40)59(7,8)25-24-57(45,3)4)61-49-31-39(38-16-12-11-13-17-38)20-23-50(49)62(53(29-36)56(44)61)51-35-48-46(30-37(51)2)58(5,6)26-27-60(48,9)10/h11-23,28-35H,24-27H2,1-10H3. The quantitative estimate of drug-likeness (QED) is 0.163. The predicted octanol–water partition coefficient (Wildman–Crippen LogP) is 15.7. The molecule has 64 heavy (non-hydrogen) atoms. The fourth-order valence-corrected chi connectivity index (χ4v) is 13.5. The summed E-state index contributed by atoms with van der Waals surface area (Å²) < 4.78 is 2.69. The Hall–Kier alpha value is -5.58. The van der Waals surface area contributed by atoms with Gasteiger partial charge in [-0.25, -0.2) is 0 Å². The van der Waals surface area contributed by atoms with Crippen LogP contribution in [0.1, 0.15) is 114 Å². The maximum atomic E-state index is 2.76. The first-order valence-corrected chi connectivity index (χ1v) is 24.5. The molecule has 0 radical (unpaired) electrons. The van der Waals surface area contributed by atoms with Crippen molar-refractivity contribution in [3.05, 3.63) is 161 Å². The second kappa shape index (κ2) is 13.5. The smallest absolute Gasteiger partial charge is 0.333 e. The van der Waals surface area contributed by atoms with E-state index in [2.05, 4.69) is 206 Å². The third-order valence-corrected chi connectivity index (χ3v) is 17.4. The highest BCUT2D eigenvalue weighted by atomic mass is 32.1. The Labute approximate surface area is 385 Å². The van der Waals surface area contributed by atoms with E-state index in [1.807, 2.05) is 11.3 Å². The molecule has 2 aliphatic heterocycles. The third-order valence-electron chi connectivity index (χ3n) is 16.3. The first-order valence-electron chi connectivity index (χ1n) is 23.7. The van der Waals surface area contributed by atoms with Crippen molar-refractivity contribution in [1.82, 2.24) is 0 Å². The van der Waals surface area contributed by atoms with Gasteiger partial charge in [-0.3, -0.25) is 0 Å². The van der Waals surface area contributed by atoms with E-state index in [4.69, 9.17) is 0 Å². The highest BCUT2D eigenvalue weighted by molar-refractivity contribution is 7.25.